The van der Waals surface area contributed by atoms with E-state index in [1.54, 1.807) is 16.7 Å². The molecule has 0 saturated carbocycles. The van der Waals surface area contributed by atoms with E-state index in [1.807, 2.05) is 18.2 Å². The number of carbonyl (C=O) groups excluding carboxylic acids is 1. The quantitative estimate of drug-likeness (QED) is 0.912. The van der Waals surface area contributed by atoms with Crippen LogP contribution < -0.4 is 4.90 Å². The number of aliphatic carboxylic acids is 1. The number of rotatable bonds is 4. The molecule has 1 aliphatic rings. The van der Waals surface area contributed by atoms with E-state index in [1.165, 1.54) is 0 Å². The van der Waals surface area contributed by atoms with E-state index >= 15 is 0 Å². The molecule has 0 fully saturated rings. The number of fused-ring (bicyclic) bond motifs is 1. The molecule has 2 rings (SSSR count). The third-order valence-corrected chi connectivity index (χ3v) is 4.40. The van der Waals surface area contributed by atoms with Crippen molar-refractivity contribution < 1.29 is 14.7 Å². The van der Waals surface area contributed by atoms with E-state index in [2.05, 4.69) is 15.9 Å². The van der Waals surface area contributed by atoms with Crippen molar-refractivity contribution in [3.8, 4) is 0 Å². The van der Waals surface area contributed by atoms with Crippen molar-refractivity contribution in [2.24, 2.45) is 0 Å². The summed E-state index contributed by atoms with van der Waals surface area (Å²) in [6.07, 6.45) is 0.712. The first kappa shape index (κ1) is 14.4. The number of carboxylic acid groups (broad SMARTS) is 1. The fraction of sp³-hybridized carbons (Fsp3) is 0.385. The Kier molecular flexibility index (Phi) is 4.87. The third kappa shape index (κ3) is 3.73. The van der Waals surface area contributed by atoms with Crippen molar-refractivity contribution in [1.29, 1.82) is 0 Å². The average molecular weight is 344 g/mol. The summed E-state index contributed by atoms with van der Waals surface area (Å²) in [4.78, 5) is 25.5. The lowest BCUT2D eigenvalue weighted by molar-refractivity contribution is -0.137. The van der Waals surface area contributed by atoms with Crippen LogP contribution in [0.1, 0.15) is 19.3 Å². The smallest absolute Gasteiger partial charge is 0.303 e. The zero-order chi connectivity index (χ0) is 13.8. The Morgan fingerprint density at radius 3 is 2.89 bits per heavy atom. The number of hydrogen-bond donors (Lipinski definition) is 1. The van der Waals surface area contributed by atoms with Crippen molar-refractivity contribution in [2.45, 2.75) is 24.2 Å². The average Bonchev–Trinajstić information content (AvgIpc) is 2.37. The molecule has 102 valence electrons. The number of benzene rings is 1. The van der Waals surface area contributed by atoms with E-state index in [0.29, 0.717) is 13.0 Å². The Morgan fingerprint density at radius 2 is 2.16 bits per heavy atom. The van der Waals surface area contributed by atoms with Crippen LogP contribution >= 0.6 is 27.7 Å². The molecule has 1 heterocycles. The van der Waals surface area contributed by atoms with Crippen LogP contribution in [0, 0.1) is 0 Å². The Hall–Kier alpha value is -1.01. The van der Waals surface area contributed by atoms with Crippen LogP contribution in [0.15, 0.2) is 27.6 Å². The summed E-state index contributed by atoms with van der Waals surface area (Å²) in [5, 5.41) is 8.60. The molecule has 0 spiro atoms. The number of amides is 1. The van der Waals surface area contributed by atoms with Crippen LogP contribution in [0.2, 0.25) is 0 Å². The highest BCUT2D eigenvalue weighted by atomic mass is 79.9. The largest absolute Gasteiger partial charge is 0.481 e. The van der Waals surface area contributed by atoms with Crippen molar-refractivity contribution in [2.75, 3.05) is 17.2 Å². The van der Waals surface area contributed by atoms with Crippen LogP contribution in [-0.4, -0.2) is 29.3 Å². The van der Waals surface area contributed by atoms with Gasteiger partial charge < -0.3 is 10.0 Å². The van der Waals surface area contributed by atoms with E-state index in [-0.39, 0.29) is 18.7 Å². The van der Waals surface area contributed by atoms with Gasteiger partial charge in [-0.2, -0.15) is 0 Å². The molecule has 1 N–H and O–H groups in total. The Morgan fingerprint density at radius 1 is 1.37 bits per heavy atom. The van der Waals surface area contributed by atoms with Gasteiger partial charge in [0.05, 0.1) is 5.69 Å². The SMILES string of the molecule is O=C(O)CCCC(=O)N1CCSc2ccc(Br)cc21. The van der Waals surface area contributed by atoms with Gasteiger partial charge in [-0.3, -0.25) is 9.59 Å². The topological polar surface area (TPSA) is 57.6 Å². The minimum atomic E-state index is -0.856. The molecule has 0 unspecified atom stereocenters. The van der Waals surface area contributed by atoms with Gasteiger partial charge in [-0.15, -0.1) is 11.8 Å². The van der Waals surface area contributed by atoms with Crippen LogP contribution in [-0.2, 0) is 9.59 Å². The highest BCUT2D eigenvalue weighted by Gasteiger charge is 2.22. The molecule has 0 aromatic heterocycles. The van der Waals surface area contributed by atoms with Gasteiger partial charge in [0.2, 0.25) is 5.91 Å². The predicted molar refractivity (Wildman–Crippen MR) is 78.7 cm³/mol. The Labute approximate surface area is 124 Å². The van der Waals surface area contributed by atoms with Gasteiger partial charge >= 0.3 is 5.97 Å². The van der Waals surface area contributed by atoms with Gasteiger partial charge in [-0.1, -0.05) is 15.9 Å². The molecule has 1 aromatic rings. The lowest BCUT2D eigenvalue weighted by Crippen LogP contribution is -2.35. The molecular weight excluding hydrogens is 330 g/mol. The molecule has 19 heavy (non-hydrogen) atoms. The number of halogens is 1. The maximum Gasteiger partial charge on any atom is 0.303 e. The fourth-order valence-corrected chi connectivity index (χ4v) is 3.30. The molecule has 1 amide bonds. The molecule has 6 heteroatoms. The number of carboxylic acids is 1. The first-order valence-electron chi connectivity index (χ1n) is 6.02. The monoisotopic (exact) mass is 343 g/mol. The summed E-state index contributed by atoms with van der Waals surface area (Å²) >= 11 is 5.15. The maximum atomic E-state index is 12.2. The summed E-state index contributed by atoms with van der Waals surface area (Å²) in [7, 11) is 0. The van der Waals surface area contributed by atoms with Crippen molar-refractivity contribution in [1.82, 2.24) is 0 Å². The van der Waals surface area contributed by atoms with Gasteiger partial charge in [0.15, 0.2) is 0 Å². The summed E-state index contributed by atoms with van der Waals surface area (Å²) in [6.45, 7) is 0.681. The van der Waals surface area contributed by atoms with Gasteiger partial charge in [0.1, 0.15) is 0 Å². The van der Waals surface area contributed by atoms with Crippen molar-refractivity contribution in [3.63, 3.8) is 0 Å². The Bertz CT molecular complexity index is 507. The second-order valence-electron chi connectivity index (χ2n) is 4.25. The number of thioether (sulfide) groups is 1. The molecule has 0 aliphatic carbocycles. The first-order chi connectivity index (χ1) is 9.08. The summed E-state index contributed by atoms with van der Waals surface area (Å²) in [5.74, 6) is 0.0188. The van der Waals surface area contributed by atoms with Crippen LogP contribution in [0.25, 0.3) is 0 Å². The first-order valence-corrected chi connectivity index (χ1v) is 7.80. The summed E-state index contributed by atoms with van der Waals surface area (Å²) < 4.78 is 0.942. The minimum Gasteiger partial charge on any atom is -0.481 e. The lowest BCUT2D eigenvalue weighted by Gasteiger charge is -2.29. The normalized spacial score (nSPS) is 14.1. The van der Waals surface area contributed by atoms with Crippen LogP contribution in [0.5, 0.6) is 0 Å². The van der Waals surface area contributed by atoms with Crippen LogP contribution in [0.3, 0.4) is 0 Å². The number of carbonyl (C=O) groups is 2. The number of nitrogens with zero attached hydrogens (tertiary/aromatic N) is 1. The molecule has 4 nitrogen and oxygen atoms in total. The second-order valence-corrected chi connectivity index (χ2v) is 6.31. The molecule has 0 radical (unpaired) electrons. The molecule has 0 atom stereocenters. The van der Waals surface area contributed by atoms with E-state index in [9.17, 15) is 9.59 Å². The zero-order valence-corrected chi connectivity index (χ0v) is 12.7. The fourth-order valence-electron chi connectivity index (χ4n) is 1.98. The lowest BCUT2D eigenvalue weighted by atomic mass is 10.2. The highest BCUT2D eigenvalue weighted by Crippen LogP contribution is 2.36. The van der Waals surface area contributed by atoms with E-state index in [0.717, 1.165) is 20.8 Å². The standard InChI is InChI=1S/C13H14BrNO3S/c14-9-4-5-11-10(8-9)15(6-7-19-11)12(16)2-1-3-13(17)18/h4-5,8H,1-3,6-7H2,(H,17,18). The van der Waals surface area contributed by atoms with Crippen molar-refractivity contribution in [3.05, 3.63) is 22.7 Å². The predicted octanol–water partition coefficient (Wildman–Crippen LogP) is 3.14. The van der Waals surface area contributed by atoms with Crippen molar-refractivity contribution >= 4 is 45.3 Å². The number of anilines is 1. The van der Waals surface area contributed by atoms with E-state index < -0.39 is 5.97 Å². The number of hydrogen-bond acceptors (Lipinski definition) is 3. The van der Waals surface area contributed by atoms with Crippen LogP contribution in [0.4, 0.5) is 5.69 Å². The molecular formula is C13H14BrNO3S. The molecule has 0 bridgehead atoms. The van der Waals surface area contributed by atoms with Gasteiger partial charge in [-0.25, -0.2) is 0 Å². The third-order valence-electron chi connectivity index (χ3n) is 2.87. The highest BCUT2D eigenvalue weighted by molar-refractivity contribution is 9.10. The van der Waals surface area contributed by atoms with Gasteiger partial charge in [0.25, 0.3) is 0 Å². The Balaban J connectivity index is 2.07. The second kappa shape index (κ2) is 6.43. The molecule has 1 aliphatic heterocycles. The summed E-state index contributed by atoms with van der Waals surface area (Å²) in [6, 6.07) is 5.90. The van der Waals surface area contributed by atoms with Gasteiger partial charge in [-0.05, 0) is 24.6 Å². The minimum absolute atomic E-state index is 0.000833. The maximum absolute atomic E-state index is 12.2. The zero-order valence-electron chi connectivity index (χ0n) is 10.3. The van der Waals surface area contributed by atoms with E-state index in [4.69, 9.17) is 5.11 Å². The summed E-state index contributed by atoms with van der Waals surface area (Å²) in [5.41, 5.74) is 0.922. The molecule has 1 aromatic carbocycles. The molecule has 0 saturated heterocycles. The van der Waals surface area contributed by atoms with Gasteiger partial charge in [0, 0.05) is 34.5 Å².